The van der Waals surface area contributed by atoms with Gasteiger partial charge in [0.25, 0.3) is 0 Å². The Bertz CT molecular complexity index is 1250. The van der Waals surface area contributed by atoms with Gasteiger partial charge in [0, 0.05) is 24.8 Å². The molecule has 0 aliphatic carbocycles. The molecule has 0 saturated carbocycles. The molecule has 3 N–H and O–H groups in total. The average molecular weight is 435 g/mol. The monoisotopic (exact) mass is 435 g/mol. The topological polar surface area (TPSA) is 84.4 Å². The van der Waals surface area contributed by atoms with Crippen LogP contribution in [0.2, 0.25) is 0 Å². The number of halogens is 2. The van der Waals surface area contributed by atoms with Crippen molar-refractivity contribution in [2.45, 2.75) is 31.8 Å². The first-order valence-electron chi connectivity index (χ1n) is 10.5. The van der Waals surface area contributed by atoms with Gasteiger partial charge in [-0.3, -0.25) is 4.98 Å². The van der Waals surface area contributed by atoms with Crippen molar-refractivity contribution in [3.8, 4) is 11.3 Å². The zero-order valence-electron chi connectivity index (χ0n) is 17.5. The summed E-state index contributed by atoms with van der Waals surface area (Å²) in [7, 11) is 0. The number of hydrogen-bond donors (Lipinski definition) is 2. The van der Waals surface area contributed by atoms with Gasteiger partial charge in [0.1, 0.15) is 11.6 Å². The van der Waals surface area contributed by atoms with Crippen LogP contribution >= 0.6 is 0 Å². The van der Waals surface area contributed by atoms with Crippen LogP contribution in [0.4, 0.5) is 26.1 Å². The fourth-order valence-corrected chi connectivity index (χ4v) is 4.17. The lowest BCUT2D eigenvalue weighted by Gasteiger charge is -2.39. The van der Waals surface area contributed by atoms with Crippen molar-refractivity contribution >= 4 is 22.8 Å². The molecule has 5 rings (SSSR count). The Balaban J connectivity index is 1.53. The molecule has 9 heteroatoms. The highest BCUT2D eigenvalue weighted by Crippen LogP contribution is 2.32. The van der Waals surface area contributed by atoms with E-state index < -0.39 is 11.6 Å². The Labute approximate surface area is 183 Å². The van der Waals surface area contributed by atoms with Crippen molar-refractivity contribution in [1.29, 1.82) is 0 Å². The number of nitrogens with one attached hydrogen (secondary N) is 1. The van der Waals surface area contributed by atoms with E-state index in [1.54, 1.807) is 30.7 Å². The second-order valence-corrected chi connectivity index (χ2v) is 8.09. The van der Waals surface area contributed by atoms with E-state index in [0.29, 0.717) is 17.5 Å². The van der Waals surface area contributed by atoms with Gasteiger partial charge in [-0.1, -0.05) is 6.07 Å². The maximum Gasteiger partial charge on any atom is 0.229 e. The van der Waals surface area contributed by atoms with Crippen LogP contribution in [0.1, 0.15) is 19.8 Å². The number of imidazole rings is 1. The normalized spacial score (nSPS) is 18.8. The molecule has 3 aromatic heterocycles. The highest BCUT2D eigenvalue weighted by atomic mass is 19.1. The summed E-state index contributed by atoms with van der Waals surface area (Å²) in [6, 6.07) is 9.45. The molecule has 0 amide bonds. The molecule has 1 aliphatic rings. The lowest BCUT2D eigenvalue weighted by Crippen LogP contribution is -2.47. The Morgan fingerprint density at radius 1 is 1.06 bits per heavy atom. The van der Waals surface area contributed by atoms with Gasteiger partial charge in [-0.05, 0) is 50.1 Å². The molecule has 4 heterocycles. The van der Waals surface area contributed by atoms with Crippen LogP contribution in [0.3, 0.4) is 0 Å². The first kappa shape index (κ1) is 20.3. The van der Waals surface area contributed by atoms with Crippen LogP contribution in [0.5, 0.6) is 0 Å². The van der Waals surface area contributed by atoms with Crippen molar-refractivity contribution < 1.29 is 8.78 Å². The van der Waals surface area contributed by atoms with Gasteiger partial charge < -0.3 is 16.0 Å². The number of benzene rings is 1. The Morgan fingerprint density at radius 2 is 1.88 bits per heavy atom. The summed E-state index contributed by atoms with van der Waals surface area (Å²) in [5.74, 6) is -0.922. The summed E-state index contributed by atoms with van der Waals surface area (Å²) < 4.78 is 30.1. The Morgan fingerprint density at radius 3 is 2.69 bits per heavy atom. The van der Waals surface area contributed by atoms with Crippen LogP contribution in [0.25, 0.3) is 16.8 Å². The predicted molar refractivity (Wildman–Crippen MR) is 120 cm³/mol. The quantitative estimate of drug-likeness (QED) is 0.502. The molecule has 2 atom stereocenters. The number of hydrogen-bond acceptors (Lipinski definition) is 6. The number of rotatable bonds is 4. The van der Waals surface area contributed by atoms with Gasteiger partial charge in [-0.15, -0.1) is 0 Å². The molecular weight excluding hydrogens is 412 g/mol. The van der Waals surface area contributed by atoms with Gasteiger partial charge in [-0.25, -0.2) is 13.8 Å². The van der Waals surface area contributed by atoms with Gasteiger partial charge in [0.15, 0.2) is 0 Å². The molecule has 0 unspecified atom stereocenters. The number of nitrogens with two attached hydrogens (primary N) is 1. The third-order valence-electron chi connectivity index (χ3n) is 5.88. The molecule has 4 aromatic rings. The van der Waals surface area contributed by atoms with Crippen molar-refractivity contribution in [3.05, 3.63) is 66.6 Å². The first-order valence-corrected chi connectivity index (χ1v) is 10.5. The number of nitrogens with zero attached hydrogens (tertiary/aromatic N) is 5. The van der Waals surface area contributed by atoms with E-state index >= 15 is 0 Å². The van der Waals surface area contributed by atoms with Gasteiger partial charge in [0.2, 0.25) is 5.95 Å². The summed E-state index contributed by atoms with van der Waals surface area (Å²) in [5.41, 5.74) is 8.63. The smallest absolute Gasteiger partial charge is 0.229 e. The fourth-order valence-electron chi connectivity index (χ4n) is 4.17. The van der Waals surface area contributed by atoms with Gasteiger partial charge in [-0.2, -0.15) is 9.61 Å². The van der Waals surface area contributed by atoms with Crippen LogP contribution in [-0.4, -0.2) is 38.2 Å². The standard InChI is InChI=1S/C23H23F2N7/c1-14-5-6-15(26)13-31(14)21-9-10-27-12-20(21)29-23-28-11-16-7-8-19(30-32(16)23)22-17(24)3-2-4-18(22)25/h2-4,7-12,14-15H,5-6,13,26H2,1H3,(H,28,29)/t14-,15-/m0/s1. The summed E-state index contributed by atoms with van der Waals surface area (Å²) >= 11 is 0. The van der Waals surface area contributed by atoms with Crippen molar-refractivity contribution in [1.82, 2.24) is 19.6 Å². The first-order chi connectivity index (χ1) is 15.5. The largest absolute Gasteiger partial charge is 0.366 e. The van der Waals surface area contributed by atoms with Crippen molar-refractivity contribution in [3.63, 3.8) is 0 Å². The maximum atomic E-state index is 14.3. The molecule has 0 bridgehead atoms. The number of anilines is 3. The molecule has 1 saturated heterocycles. The molecule has 7 nitrogen and oxygen atoms in total. The molecule has 0 spiro atoms. The molecule has 164 valence electrons. The summed E-state index contributed by atoms with van der Waals surface area (Å²) in [5, 5.41) is 7.74. The van der Waals surface area contributed by atoms with E-state index in [1.807, 2.05) is 6.07 Å². The highest BCUT2D eigenvalue weighted by molar-refractivity contribution is 5.74. The minimum Gasteiger partial charge on any atom is -0.366 e. The predicted octanol–water partition coefficient (Wildman–Crippen LogP) is 4.13. The Hall–Kier alpha value is -3.59. The number of pyridine rings is 1. The summed E-state index contributed by atoms with van der Waals surface area (Å²) in [4.78, 5) is 10.9. The molecule has 1 aliphatic heterocycles. The van der Waals surface area contributed by atoms with E-state index in [9.17, 15) is 8.78 Å². The molecule has 32 heavy (non-hydrogen) atoms. The fraction of sp³-hybridized carbons (Fsp3) is 0.261. The van der Waals surface area contributed by atoms with E-state index in [1.165, 1.54) is 22.7 Å². The highest BCUT2D eigenvalue weighted by Gasteiger charge is 2.25. The average Bonchev–Trinajstić information content (AvgIpc) is 3.18. The van der Waals surface area contributed by atoms with Gasteiger partial charge >= 0.3 is 0 Å². The van der Waals surface area contributed by atoms with Crippen LogP contribution in [-0.2, 0) is 0 Å². The van der Waals surface area contributed by atoms with Crippen LogP contribution in [0.15, 0.2) is 55.0 Å². The lowest BCUT2D eigenvalue weighted by atomic mass is 9.99. The zero-order chi connectivity index (χ0) is 22.2. The van der Waals surface area contributed by atoms with E-state index in [2.05, 4.69) is 32.2 Å². The molecule has 0 radical (unpaired) electrons. The SMILES string of the molecule is C[C@H]1CC[C@H](N)CN1c1ccncc1Nc1ncc2ccc(-c3c(F)cccc3F)nn12. The molecular formula is C23H23F2N7. The second-order valence-electron chi connectivity index (χ2n) is 8.09. The van der Waals surface area contributed by atoms with Crippen LogP contribution in [0, 0.1) is 11.6 Å². The summed E-state index contributed by atoms with van der Waals surface area (Å²) in [6.45, 7) is 2.93. The van der Waals surface area contributed by atoms with E-state index in [0.717, 1.165) is 30.8 Å². The number of aromatic nitrogens is 4. The minimum atomic E-state index is -0.670. The zero-order valence-corrected chi connectivity index (χ0v) is 17.5. The third kappa shape index (κ3) is 3.64. The van der Waals surface area contributed by atoms with E-state index in [4.69, 9.17) is 5.73 Å². The Kier molecular flexibility index (Phi) is 5.18. The third-order valence-corrected chi connectivity index (χ3v) is 5.88. The second kappa shape index (κ2) is 8.16. The van der Waals surface area contributed by atoms with Crippen molar-refractivity contribution in [2.24, 2.45) is 5.73 Å². The van der Waals surface area contributed by atoms with Gasteiger partial charge in [0.05, 0.1) is 40.5 Å². The van der Waals surface area contributed by atoms with Crippen molar-refractivity contribution in [2.75, 3.05) is 16.8 Å². The molecule has 1 aromatic carbocycles. The molecule has 1 fully saturated rings. The number of piperidine rings is 1. The number of fused-ring (bicyclic) bond motifs is 1. The van der Waals surface area contributed by atoms with Crippen LogP contribution < -0.4 is 16.0 Å². The van der Waals surface area contributed by atoms with E-state index in [-0.39, 0.29) is 17.3 Å². The summed E-state index contributed by atoms with van der Waals surface area (Å²) in [6.07, 6.45) is 7.12. The maximum absolute atomic E-state index is 14.3. The lowest BCUT2D eigenvalue weighted by molar-refractivity contribution is 0.437. The minimum absolute atomic E-state index is 0.111.